The largest absolute Gasteiger partial charge is 0.361 e. The van der Waals surface area contributed by atoms with Gasteiger partial charge in [0.2, 0.25) is 0 Å². The van der Waals surface area contributed by atoms with Gasteiger partial charge in [-0.1, -0.05) is 18.2 Å². The minimum absolute atomic E-state index is 0.250. The summed E-state index contributed by atoms with van der Waals surface area (Å²) < 4.78 is 19.6. The van der Waals surface area contributed by atoms with Gasteiger partial charge in [0, 0.05) is 0 Å². The van der Waals surface area contributed by atoms with E-state index in [4.69, 9.17) is 10.00 Å². The van der Waals surface area contributed by atoms with E-state index in [1.165, 1.54) is 12.1 Å². The summed E-state index contributed by atoms with van der Waals surface area (Å²) in [5.74, 6) is -0.250. The van der Waals surface area contributed by atoms with Gasteiger partial charge in [-0.15, -0.1) is 0 Å². The van der Waals surface area contributed by atoms with Gasteiger partial charge in [-0.2, -0.15) is 5.26 Å². The van der Waals surface area contributed by atoms with Crippen molar-refractivity contribution >= 4 is 0 Å². The molecule has 0 N–H and O–H groups in total. The summed E-state index contributed by atoms with van der Waals surface area (Å²) in [4.78, 5) is 2.15. The molecule has 0 saturated heterocycles. The highest BCUT2D eigenvalue weighted by Crippen LogP contribution is 2.45. The number of halogens is 1. The van der Waals surface area contributed by atoms with Crippen molar-refractivity contribution in [3.8, 4) is 6.07 Å². The summed E-state index contributed by atoms with van der Waals surface area (Å²) in [5.41, 5.74) is 3.18. The first-order chi connectivity index (χ1) is 11.5. The van der Waals surface area contributed by atoms with Crippen LogP contribution in [0.5, 0.6) is 0 Å². The predicted octanol–water partition coefficient (Wildman–Crippen LogP) is 3.81. The van der Waals surface area contributed by atoms with Gasteiger partial charge in [-0.25, -0.2) is 4.39 Å². The molecule has 2 aromatic rings. The number of hydrogen-bond donors (Lipinski definition) is 0. The maximum atomic E-state index is 13.4. The highest BCUT2D eigenvalue weighted by molar-refractivity contribution is 5.47. The lowest BCUT2D eigenvalue weighted by Gasteiger charge is -2.31. The lowest BCUT2D eigenvalue weighted by atomic mass is 9.81. The average Bonchev–Trinajstić information content (AvgIpc) is 2.94. The van der Waals surface area contributed by atoms with Crippen molar-refractivity contribution in [1.82, 2.24) is 4.90 Å². The van der Waals surface area contributed by atoms with Crippen LogP contribution >= 0.6 is 0 Å². The van der Waals surface area contributed by atoms with Crippen LogP contribution in [0.2, 0.25) is 0 Å². The van der Waals surface area contributed by atoms with Gasteiger partial charge in [0.1, 0.15) is 11.4 Å². The maximum absolute atomic E-state index is 13.4. The second kappa shape index (κ2) is 6.72. The fraction of sp³-hybridized carbons (Fsp3) is 0.350. The molecular weight excluding hydrogens is 302 g/mol. The third-order valence-corrected chi connectivity index (χ3v) is 4.59. The molecule has 3 nitrogen and oxygen atoms in total. The van der Waals surface area contributed by atoms with Crippen LogP contribution in [-0.2, 0) is 16.9 Å². The second-order valence-corrected chi connectivity index (χ2v) is 6.51. The van der Waals surface area contributed by atoms with Crippen LogP contribution in [0.3, 0.4) is 0 Å². The Morgan fingerprint density at radius 1 is 1.21 bits per heavy atom. The van der Waals surface area contributed by atoms with Gasteiger partial charge in [-0.3, -0.25) is 0 Å². The minimum atomic E-state index is -0.562. The van der Waals surface area contributed by atoms with E-state index in [0.29, 0.717) is 12.2 Å². The van der Waals surface area contributed by atoms with Crippen molar-refractivity contribution in [2.75, 3.05) is 20.6 Å². The molecule has 0 saturated carbocycles. The lowest BCUT2D eigenvalue weighted by molar-refractivity contribution is -0.0140. The Bertz CT molecular complexity index is 764. The van der Waals surface area contributed by atoms with Gasteiger partial charge >= 0.3 is 0 Å². The lowest BCUT2D eigenvalue weighted by Crippen LogP contribution is -2.28. The van der Waals surface area contributed by atoms with E-state index in [2.05, 4.69) is 11.0 Å². The van der Waals surface area contributed by atoms with Crippen molar-refractivity contribution in [1.29, 1.82) is 5.26 Å². The van der Waals surface area contributed by atoms with Crippen LogP contribution in [0.25, 0.3) is 0 Å². The first-order valence-electron chi connectivity index (χ1n) is 8.13. The zero-order valence-electron chi connectivity index (χ0n) is 14.1. The summed E-state index contributed by atoms with van der Waals surface area (Å²) >= 11 is 0. The number of hydrogen-bond acceptors (Lipinski definition) is 3. The standard InChI is InChI=1S/C20H21FN2O/c1-23(2)11-3-10-20(17-5-7-18(21)8-6-17)19-9-4-15(13-22)12-16(19)14-24-20/h4-9,12H,3,10-11,14H2,1-2H3/t20-/m0/s1/i1-1. The van der Waals surface area contributed by atoms with Crippen molar-refractivity contribution in [2.24, 2.45) is 0 Å². The molecule has 124 valence electrons. The van der Waals surface area contributed by atoms with Crippen molar-refractivity contribution < 1.29 is 9.13 Å². The molecule has 0 unspecified atom stereocenters. The quantitative estimate of drug-likeness (QED) is 0.839. The Morgan fingerprint density at radius 3 is 2.62 bits per heavy atom. The SMILES string of the molecule is CN([11CH3])CCC[C@@]1(c2ccc(F)cc2)OCc2cc(C#N)ccc21. The molecule has 0 fully saturated rings. The van der Waals surface area contributed by atoms with Crippen molar-refractivity contribution in [2.45, 2.75) is 25.0 Å². The molecule has 0 aromatic heterocycles. The normalized spacial score (nSPS) is 19.3. The Balaban J connectivity index is 2.02. The van der Waals surface area contributed by atoms with E-state index in [0.717, 1.165) is 36.1 Å². The zero-order valence-corrected chi connectivity index (χ0v) is 14.1. The summed E-state index contributed by atoms with van der Waals surface area (Å²) in [6.45, 7) is 1.43. The molecule has 0 bridgehead atoms. The molecule has 0 spiro atoms. The first-order valence-corrected chi connectivity index (χ1v) is 8.13. The number of nitriles is 1. The van der Waals surface area contributed by atoms with Gasteiger partial charge in [0.05, 0.1) is 18.2 Å². The van der Waals surface area contributed by atoms with E-state index < -0.39 is 5.60 Å². The molecule has 0 amide bonds. The zero-order chi connectivity index (χ0) is 17.2. The average molecular weight is 323 g/mol. The van der Waals surface area contributed by atoms with E-state index in [1.807, 2.05) is 32.3 Å². The Hall–Kier alpha value is -2.22. The number of nitrogens with zero attached hydrogens (tertiary/aromatic N) is 2. The van der Waals surface area contributed by atoms with E-state index in [1.54, 1.807) is 12.1 Å². The summed E-state index contributed by atoms with van der Waals surface area (Å²) in [5, 5.41) is 9.11. The molecule has 1 aliphatic heterocycles. The molecule has 24 heavy (non-hydrogen) atoms. The number of rotatable bonds is 5. The molecule has 0 radical (unpaired) electrons. The fourth-order valence-electron chi connectivity index (χ4n) is 3.41. The van der Waals surface area contributed by atoms with Crippen LogP contribution in [0.4, 0.5) is 4.39 Å². The monoisotopic (exact) mass is 323 g/mol. The Morgan fingerprint density at radius 2 is 1.96 bits per heavy atom. The molecule has 4 heteroatoms. The highest BCUT2D eigenvalue weighted by Gasteiger charge is 2.41. The van der Waals surface area contributed by atoms with Crippen LogP contribution < -0.4 is 0 Å². The van der Waals surface area contributed by atoms with Crippen LogP contribution in [0.1, 0.15) is 35.1 Å². The van der Waals surface area contributed by atoms with Gasteiger partial charge in [0.25, 0.3) is 0 Å². The highest BCUT2D eigenvalue weighted by atomic mass is 19.1. The van der Waals surface area contributed by atoms with Gasteiger partial charge < -0.3 is 9.64 Å². The molecule has 0 aliphatic carbocycles. The summed E-state index contributed by atoms with van der Waals surface area (Å²) in [7, 11) is 4.10. The minimum Gasteiger partial charge on any atom is -0.361 e. The van der Waals surface area contributed by atoms with Gasteiger partial charge in [-0.05, 0) is 74.4 Å². The maximum Gasteiger partial charge on any atom is 0.123 e. The first kappa shape index (κ1) is 16.6. The molecule has 2 aromatic carbocycles. The predicted molar refractivity (Wildman–Crippen MR) is 90.9 cm³/mol. The van der Waals surface area contributed by atoms with Crippen molar-refractivity contribution in [3.05, 3.63) is 70.5 Å². The van der Waals surface area contributed by atoms with Crippen molar-refractivity contribution in [3.63, 3.8) is 0 Å². The van der Waals surface area contributed by atoms with Gasteiger partial charge in [0.15, 0.2) is 0 Å². The Kier molecular flexibility index (Phi) is 4.66. The smallest absolute Gasteiger partial charge is 0.123 e. The molecule has 1 aliphatic rings. The van der Waals surface area contributed by atoms with Crippen LogP contribution in [0, 0.1) is 17.1 Å². The van der Waals surface area contributed by atoms with E-state index in [9.17, 15) is 4.39 Å². The Labute approximate surface area is 142 Å². The molecule has 1 heterocycles. The van der Waals surface area contributed by atoms with E-state index >= 15 is 0 Å². The van der Waals surface area contributed by atoms with Crippen LogP contribution in [0.15, 0.2) is 42.5 Å². The summed E-state index contributed by atoms with van der Waals surface area (Å²) in [6, 6.07) is 14.5. The number of fused-ring (bicyclic) bond motifs is 1. The fourth-order valence-corrected chi connectivity index (χ4v) is 3.41. The number of ether oxygens (including phenoxy) is 1. The third-order valence-electron chi connectivity index (χ3n) is 4.59. The number of benzene rings is 2. The van der Waals surface area contributed by atoms with E-state index in [-0.39, 0.29) is 5.82 Å². The molecule has 3 rings (SSSR count). The third kappa shape index (κ3) is 3.06. The van der Waals surface area contributed by atoms with Crippen LogP contribution in [-0.4, -0.2) is 25.5 Å². The molecular formula is C20H21FN2O. The topological polar surface area (TPSA) is 36.3 Å². The second-order valence-electron chi connectivity index (χ2n) is 6.51. The molecule has 1 atom stereocenters. The summed E-state index contributed by atoms with van der Waals surface area (Å²) in [6.07, 6.45) is 1.78.